The number of nitrogens with zero attached hydrogens (tertiary/aromatic N) is 1. The van der Waals surface area contributed by atoms with Crippen LogP contribution in [0, 0.1) is 12.8 Å². The third-order valence-electron chi connectivity index (χ3n) is 4.41. The van der Waals surface area contributed by atoms with Crippen molar-refractivity contribution in [3.05, 3.63) is 23.2 Å². The molecule has 0 bridgehead atoms. The van der Waals surface area contributed by atoms with Crippen LogP contribution in [0.3, 0.4) is 0 Å². The van der Waals surface area contributed by atoms with Gasteiger partial charge in [0, 0.05) is 19.5 Å². The zero-order valence-electron chi connectivity index (χ0n) is 11.9. The summed E-state index contributed by atoms with van der Waals surface area (Å²) in [6.07, 6.45) is 2.53. The van der Waals surface area contributed by atoms with Crippen LogP contribution >= 0.6 is 0 Å². The second kappa shape index (κ2) is 4.96. The van der Waals surface area contributed by atoms with E-state index in [2.05, 4.69) is 5.32 Å². The van der Waals surface area contributed by atoms with Crippen molar-refractivity contribution in [3.63, 3.8) is 0 Å². The smallest absolute Gasteiger partial charge is 0.289 e. The Morgan fingerprint density at radius 3 is 3.05 bits per heavy atom. The lowest BCUT2D eigenvalue weighted by molar-refractivity contribution is -0.123. The lowest BCUT2D eigenvalue weighted by Gasteiger charge is -2.35. The minimum absolute atomic E-state index is 0.0146. The Bertz CT molecular complexity index is 549. The highest BCUT2D eigenvalue weighted by atomic mass is 16.4. The van der Waals surface area contributed by atoms with Crippen LogP contribution in [0.2, 0.25) is 0 Å². The maximum Gasteiger partial charge on any atom is 0.289 e. The Labute approximate surface area is 118 Å². The minimum Gasteiger partial charge on any atom is -0.456 e. The molecule has 2 aliphatic heterocycles. The molecule has 1 N–H and O–H groups in total. The minimum atomic E-state index is -0.0843. The molecule has 2 atom stereocenters. The summed E-state index contributed by atoms with van der Waals surface area (Å²) in [4.78, 5) is 26.2. The van der Waals surface area contributed by atoms with Crippen molar-refractivity contribution in [2.24, 2.45) is 5.92 Å². The Hall–Kier alpha value is -1.78. The Balaban J connectivity index is 1.84. The van der Waals surface area contributed by atoms with E-state index in [-0.39, 0.29) is 23.8 Å². The number of aryl methyl sites for hydroxylation is 2. The molecule has 5 heteroatoms. The fraction of sp³-hybridized carbons (Fsp3) is 0.600. The van der Waals surface area contributed by atoms with Crippen LogP contribution in [-0.2, 0) is 11.2 Å². The van der Waals surface area contributed by atoms with E-state index in [1.165, 1.54) is 0 Å². The van der Waals surface area contributed by atoms with Crippen LogP contribution in [0.25, 0.3) is 0 Å². The van der Waals surface area contributed by atoms with Gasteiger partial charge < -0.3 is 14.6 Å². The standard InChI is InChI=1S/C15H20N2O3/c1-3-12-9(2)7-13(20-12)15(19)17-6-4-5-10-11(17)8-16-14(10)18/h7,10-11H,3-6,8H2,1-2H3,(H,16,18)/t10-,11-/m1/s1. The van der Waals surface area contributed by atoms with E-state index in [1.54, 1.807) is 0 Å². The lowest BCUT2D eigenvalue weighted by Crippen LogP contribution is -2.48. The summed E-state index contributed by atoms with van der Waals surface area (Å²) in [5.41, 5.74) is 1.02. The van der Waals surface area contributed by atoms with E-state index in [1.807, 2.05) is 24.8 Å². The molecule has 3 heterocycles. The number of piperidine rings is 1. The van der Waals surface area contributed by atoms with Gasteiger partial charge in [-0.1, -0.05) is 6.92 Å². The number of rotatable bonds is 2. The van der Waals surface area contributed by atoms with Gasteiger partial charge in [-0.2, -0.15) is 0 Å². The summed E-state index contributed by atoms with van der Waals surface area (Å²) < 4.78 is 5.66. The predicted octanol–water partition coefficient (Wildman–Crippen LogP) is 1.50. The average molecular weight is 276 g/mol. The highest BCUT2D eigenvalue weighted by Crippen LogP contribution is 2.29. The number of amides is 2. The van der Waals surface area contributed by atoms with Gasteiger partial charge in [0.1, 0.15) is 5.76 Å². The maximum absolute atomic E-state index is 12.6. The number of carbonyl (C=O) groups excluding carboxylic acids is 2. The van der Waals surface area contributed by atoms with E-state index in [9.17, 15) is 9.59 Å². The van der Waals surface area contributed by atoms with Gasteiger partial charge in [-0.3, -0.25) is 9.59 Å². The number of hydrogen-bond acceptors (Lipinski definition) is 3. The molecular weight excluding hydrogens is 256 g/mol. The summed E-state index contributed by atoms with van der Waals surface area (Å²) >= 11 is 0. The molecule has 0 aromatic carbocycles. The van der Waals surface area contributed by atoms with Crippen LogP contribution in [0.1, 0.15) is 41.6 Å². The largest absolute Gasteiger partial charge is 0.456 e. The molecule has 20 heavy (non-hydrogen) atoms. The van der Waals surface area contributed by atoms with Crippen LogP contribution < -0.4 is 5.32 Å². The van der Waals surface area contributed by atoms with Crippen LogP contribution in [0.5, 0.6) is 0 Å². The van der Waals surface area contributed by atoms with Gasteiger partial charge in [0.05, 0.1) is 12.0 Å². The molecule has 3 rings (SSSR count). The number of carbonyl (C=O) groups is 2. The van der Waals surface area contributed by atoms with Crippen LogP contribution in [0.15, 0.2) is 10.5 Å². The molecule has 108 valence electrons. The van der Waals surface area contributed by atoms with Crippen molar-refractivity contribution < 1.29 is 14.0 Å². The van der Waals surface area contributed by atoms with Gasteiger partial charge in [0.2, 0.25) is 5.91 Å². The molecule has 0 spiro atoms. The average Bonchev–Trinajstić information content (AvgIpc) is 3.01. The number of furan rings is 1. The molecule has 5 nitrogen and oxygen atoms in total. The summed E-state index contributed by atoms with van der Waals surface area (Å²) in [5, 5.41) is 2.86. The zero-order chi connectivity index (χ0) is 14.3. The third-order valence-corrected chi connectivity index (χ3v) is 4.41. The molecule has 0 saturated carbocycles. The predicted molar refractivity (Wildman–Crippen MR) is 73.4 cm³/mol. The molecular formula is C15H20N2O3. The first-order valence-corrected chi connectivity index (χ1v) is 7.29. The van der Waals surface area contributed by atoms with Crippen molar-refractivity contribution in [2.75, 3.05) is 13.1 Å². The van der Waals surface area contributed by atoms with Gasteiger partial charge in [-0.05, 0) is 31.4 Å². The molecule has 2 amide bonds. The summed E-state index contributed by atoms with van der Waals surface area (Å²) in [7, 11) is 0. The Morgan fingerprint density at radius 1 is 1.55 bits per heavy atom. The number of fused-ring (bicyclic) bond motifs is 1. The number of nitrogens with one attached hydrogen (secondary N) is 1. The third kappa shape index (κ3) is 2.01. The van der Waals surface area contributed by atoms with Gasteiger partial charge in [0.15, 0.2) is 5.76 Å². The quantitative estimate of drug-likeness (QED) is 0.890. The second-order valence-corrected chi connectivity index (χ2v) is 5.63. The molecule has 2 aliphatic rings. The zero-order valence-corrected chi connectivity index (χ0v) is 11.9. The molecule has 0 aliphatic carbocycles. The molecule has 0 radical (unpaired) electrons. The first-order valence-electron chi connectivity index (χ1n) is 7.29. The van der Waals surface area contributed by atoms with E-state index < -0.39 is 0 Å². The fourth-order valence-electron chi connectivity index (χ4n) is 3.32. The summed E-state index contributed by atoms with van der Waals surface area (Å²) in [5.74, 6) is 1.22. The van der Waals surface area contributed by atoms with E-state index in [4.69, 9.17) is 4.42 Å². The van der Waals surface area contributed by atoms with Crippen molar-refractivity contribution in [1.29, 1.82) is 0 Å². The lowest BCUT2D eigenvalue weighted by atomic mass is 9.91. The van der Waals surface area contributed by atoms with Gasteiger partial charge in [-0.15, -0.1) is 0 Å². The SMILES string of the molecule is CCc1oc(C(=O)N2CCC[C@H]3C(=O)NC[C@H]32)cc1C. The number of hydrogen-bond donors (Lipinski definition) is 1. The molecule has 2 saturated heterocycles. The molecule has 1 aromatic heterocycles. The normalized spacial score (nSPS) is 25.5. The fourth-order valence-corrected chi connectivity index (χ4v) is 3.32. The highest BCUT2D eigenvalue weighted by molar-refractivity contribution is 5.93. The summed E-state index contributed by atoms with van der Waals surface area (Å²) in [6, 6.07) is 1.80. The van der Waals surface area contributed by atoms with E-state index in [0.717, 1.165) is 30.6 Å². The molecule has 0 unspecified atom stereocenters. The van der Waals surface area contributed by atoms with Crippen molar-refractivity contribution in [1.82, 2.24) is 10.2 Å². The van der Waals surface area contributed by atoms with Crippen molar-refractivity contribution in [3.8, 4) is 0 Å². The van der Waals surface area contributed by atoms with Crippen LogP contribution in [-0.4, -0.2) is 35.8 Å². The first kappa shape index (κ1) is 13.2. The molecule has 2 fully saturated rings. The van der Waals surface area contributed by atoms with Crippen LogP contribution in [0.4, 0.5) is 0 Å². The van der Waals surface area contributed by atoms with Crippen molar-refractivity contribution in [2.45, 2.75) is 39.2 Å². The van der Waals surface area contributed by atoms with Gasteiger partial charge in [-0.25, -0.2) is 0 Å². The number of likely N-dealkylation sites (tertiary alicyclic amines) is 1. The maximum atomic E-state index is 12.6. The highest BCUT2D eigenvalue weighted by Gasteiger charge is 2.43. The molecule has 1 aromatic rings. The van der Waals surface area contributed by atoms with Gasteiger partial charge >= 0.3 is 0 Å². The van der Waals surface area contributed by atoms with E-state index in [0.29, 0.717) is 18.8 Å². The summed E-state index contributed by atoms with van der Waals surface area (Å²) in [6.45, 7) is 5.24. The van der Waals surface area contributed by atoms with Gasteiger partial charge in [0.25, 0.3) is 5.91 Å². The Kier molecular flexibility index (Phi) is 3.28. The van der Waals surface area contributed by atoms with Crippen molar-refractivity contribution >= 4 is 11.8 Å². The first-order chi connectivity index (χ1) is 9.61. The Morgan fingerprint density at radius 2 is 2.35 bits per heavy atom. The second-order valence-electron chi connectivity index (χ2n) is 5.63. The van der Waals surface area contributed by atoms with E-state index >= 15 is 0 Å². The topological polar surface area (TPSA) is 62.6 Å². The monoisotopic (exact) mass is 276 g/mol.